The van der Waals surface area contributed by atoms with Crippen LogP contribution in [0.4, 0.5) is 23.0 Å². The molecule has 4 rings (SSSR count). The number of pyridine rings is 2. The first-order chi connectivity index (χ1) is 15.9. The quantitative estimate of drug-likeness (QED) is 0.250. The fourth-order valence-electron chi connectivity index (χ4n) is 3.42. The Bertz CT molecular complexity index is 1320. The fraction of sp³-hybridized carbons (Fsp3) is 0.174. The Morgan fingerprint density at radius 3 is 2.64 bits per heavy atom. The van der Waals surface area contributed by atoms with Crippen LogP contribution in [0.3, 0.4) is 0 Å². The number of hydrazine groups is 1. The van der Waals surface area contributed by atoms with Crippen LogP contribution >= 0.6 is 0 Å². The number of nitrogens with two attached hydrogens (primary N) is 1. The molecule has 4 aromatic rings. The number of nitrogens with zero attached hydrogens (tertiary/aromatic N) is 6. The first kappa shape index (κ1) is 21.9. The van der Waals surface area contributed by atoms with E-state index in [9.17, 15) is 4.79 Å². The maximum absolute atomic E-state index is 12.4. The molecule has 0 aliphatic rings. The Kier molecular flexibility index (Phi) is 6.01. The lowest BCUT2D eigenvalue weighted by Gasteiger charge is -2.24. The lowest BCUT2D eigenvalue weighted by molar-refractivity contribution is 0.101. The number of nitrogens with one attached hydrogen (secondary N) is 1. The van der Waals surface area contributed by atoms with E-state index in [0.717, 1.165) is 5.56 Å². The largest absolute Gasteiger partial charge is 0.494 e. The minimum atomic E-state index is -0.171. The highest BCUT2D eigenvalue weighted by Crippen LogP contribution is 2.40. The van der Waals surface area contributed by atoms with Gasteiger partial charge < -0.3 is 10.1 Å². The fourth-order valence-corrected chi connectivity index (χ4v) is 3.42. The third kappa shape index (κ3) is 4.37. The number of ether oxygens (including phenoxy) is 1. The molecule has 1 aromatic carbocycles. The summed E-state index contributed by atoms with van der Waals surface area (Å²) in [6, 6.07) is 11.0. The predicted molar refractivity (Wildman–Crippen MR) is 126 cm³/mol. The molecule has 0 saturated carbocycles. The van der Waals surface area contributed by atoms with E-state index in [4.69, 9.17) is 10.6 Å². The van der Waals surface area contributed by atoms with Gasteiger partial charge in [0, 0.05) is 25.5 Å². The highest BCUT2D eigenvalue weighted by molar-refractivity contribution is 6.01. The van der Waals surface area contributed by atoms with E-state index in [1.54, 1.807) is 43.5 Å². The monoisotopic (exact) mass is 444 g/mol. The van der Waals surface area contributed by atoms with Gasteiger partial charge in [0.05, 0.1) is 23.9 Å². The third-order valence-electron chi connectivity index (χ3n) is 5.08. The first-order valence-electron chi connectivity index (χ1n) is 10.2. The van der Waals surface area contributed by atoms with Crippen molar-refractivity contribution in [3.05, 3.63) is 66.2 Å². The van der Waals surface area contributed by atoms with Gasteiger partial charge in [-0.2, -0.15) is 5.10 Å². The van der Waals surface area contributed by atoms with Crippen molar-refractivity contribution in [2.24, 2.45) is 12.9 Å². The lowest BCUT2D eigenvalue weighted by Crippen LogP contribution is -2.27. The van der Waals surface area contributed by atoms with Crippen molar-refractivity contribution < 1.29 is 9.53 Å². The molecule has 0 bridgehead atoms. The second-order valence-electron chi connectivity index (χ2n) is 7.41. The zero-order valence-electron chi connectivity index (χ0n) is 18.8. The van der Waals surface area contributed by atoms with Crippen LogP contribution < -0.4 is 20.9 Å². The van der Waals surface area contributed by atoms with Crippen LogP contribution in [-0.4, -0.2) is 37.6 Å². The van der Waals surface area contributed by atoms with Crippen LogP contribution in [0.1, 0.15) is 22.8 Å². The van der Waals surface area contributed by atoms with Gasteiger partial charge in [0.25, 0.3) is 0 Å². The van der Waals surface area contributed by atoms with Gasteiger partial charge in [0.1, 0.15) is 23.7 Å². The molecule has 3 aromatic heterocycles. The summed E-state index contributed by atoms with van der Waals surface area (Å²) in [5.74, 6) is 8.52. The van der Waals surface area contributed by atoms with Crippen molar-refractivity contribution >= 4 is 28.8 Å². The number of aryl methyl sites for hydroxylation is 2. The summed E-state index contributed by atoms with van der Waals surface area (Å²) in [6.07, 6.45) is 4.79. The van der Waals surface area contributed by atoms with E-state index in [1.807, 2.05) is 31.2 Å². The molecule has 3 N–H and O–H groups in total. The number of benzene rings is 1. The smallest absolute Gasteiger partial charge is 0.184 e. The molecule has 0 aliphatic carbocycles. The number of para-hydroxylation sites is 1. The molecule has 0 atom stereocenters. The molecule has 3 heterocycles. The summed E-state index contributed by atoms with van der Waals surface area (Å²) < 4.78 is 7.29. The van der Waals surface area contributed by atoms with Crippen LogP contribution in [0.25, 0.3) is 11.4 Å². The van der Waals surface area contributed by atoms with Crippen molar-refractivity contribution in [3.63, 3.8) is 0 Å². The Hall–Kier alpha value is -4.31. The minimum Gasteiger partial charge on any atom is -0.494 e. The Balaban J connectivity index is 1.79. The molecular formula is C23H24N8O2. The SMILES string of the molecule is COc1c(-c2ncn(C)n2)cccc1N(N)c1cc(Nc2ncccc2C)ncc1C(C)=O. The minimum absolute atomic E-state index is 0.171. The summed E-state index contributed by atoms with van der Waals surface area (Å²) in [5, 5.41) is 8.95. The van der Waals surface area contributed by atoms with Crippen LogP contribution in [0.5, 0.6) is 5.75 Å². The Morgan fingerprint density at radius 1 is 1.15 bits per heavy atom. The molecule has 0 fully saturated rings. The van der Waals surface area contributed by atoms with Crippen molar-refractivity contribution in [1.82, 2.24) is 24.7 Å². The zero-order valence-corrected chi connectivity index (χ0v) is 18.8. The van der Waals surface area contributed by atoms with E-state index in [0.29, 0.717) is 45.7 Å². The lowest BCUT2D eigenvalue weighted by atomic mass is 10.1. The molecule has 0 saturated heterocycles. The van der Waals surface area contributed by atoms with E-state index >= 15 is 0 Å². The Morgan fingerprint density at radius 2 is 1.97 bits per heavy atom. The molecule has 0 aliphatic heterocycles. The molecule has 0 amide bonds. The number of hydrogen-bond donors (Lipinski definition) is 2. The highest BCUT2D eigenvalue weighted by Gasteiger charge is 2.21. The summed E-state index contributed by atoms with van der Waals surface area (Å²) in [7, 11) is 3.34. The number of carbonyl (C=O) groups is 1. The number of anilines is 4. The van der Waals surface area contributed by atoms with Crippen LogP contribution in [0.15, 0.2) is 55.1 Å². The molecule has 0 radical (unpaired) electrons. The van der Waals surface area contributed by atoms with Gasteiger partial charge in [-0.25, -0.2) is 20.8 Å². The van der Waals surface area contributed by atoms with Gasteiger partial charge in [0.15, 0.2) is 17.4 Å². The number of ketones is 1. The van der Waals surface area contributed by atoms with Gasteiger partial charge in [-0.1, -0.05) is 12.1 Å². The van der Waals surface area contributed by atoms with Crippen molar-refractivity contribution in [3.8, 4) is 17.1 Å². The molecule has 10 heteroatoms. The number of methoxy groups -OCH3 is 1. The number of hydrogen-bond acceptors (Lipinski definition) is 9. The molecule has 0 spiro atoms. The average molecular weight is 444 g/mol. The van der Waals surface area contributed by atoms with Gasteiger partial charge in [-0.15, -0.1) is 0 Å². The van der Waals surface area contributed by atoms with E-state index in [1.165, 1.54) is 18.1 Å². The normalized spacial score (nSPS) is 10.7. The second-order valence-corrected chi connectivity index (χ2v) is 7.41. The third-order valence-corrected chi connectivity index (χ3v) is 5.08. The highest BCUT2D eigenvalue weighted by atomic mass is 16.5. The maximum atomic E-state index is 12.4. The average Bonchev–Trinajstić information content (AvgIpc) is 3.25. The van der Waals surface area contributed by atoms with Crippen molar-refractivity contribution in [2.45, 2.75) is 13.8 Å². The van der Waals surface area contributed by atoms with Gasteiger partial charge in [-0.05, 0) is 37.6 Å². The van der Waals surface area contributed by atoms with Gasteiger partial charge >= 0.3 is 0 Å². The molecule has 10 nitrogen and oxygen atoms in total. The van der Waals surface area contributed by atoms with Gasteiger partial charge in [-0.3, -0.25) is 14.5 Å². The number of Topliss-reactive ketones (excluding diaryl/α,β-unsaturated/α-hetero) is 1. The summed E-state index contributed by atoms with van der Waals surface area (Å²) in [6.45, 7) is 3.41. The summed E-state index contributed by atoms with van der Waals surface area (Å²) in [5.41, 5.74) is 2.99. The standard InChI is InChI=1S/C23H24N8O2/c1-14-7-6-10-25-22(14)28-20-11-19(17(12-26-20)15(2)32)31(24)18-9-5-8-16(21(18)33-4)23-27-13-30(3)29-23/h5-13H,24H2,1-4H3,(H,25,26,28). The topological polar surface area (TPSA) is 124 Å². The maximum Gasteiger partial charge on any atom is 0.184 e. The molecular weight excluding hydrogens is 420 g/mol. The first-order valence-corrected chi connectivity index (χ1v) is 10.2. The molecule has 168 valence electrons. The number of rotatable bonds is 7. The number of carbonyl (C=O) groups excluding carboxylic acids is 1. The predicted octanol–water partition coefficient (Wildman–Crippen LogP) is 3.55. The van der Waals surface area contributed by atoms with E-state index in [2.05, 4.69) is 25.4 Å². The number of aromatic nitrogens is 5. The molecule has 33 heavy (non-hydrogen) atoms. The Labute approximate surface area is 191 Å². The zero-order chi connectivity index (χ0) is 23.5. The summed E-state index contributed by atoms with van der Waals surface area (Å²) >= 11 is 0. The van der Waals surface area contributed by atoms with Crippen LogP contribution in [0, 0.1) is 6.92 Å². The van der Waals surface area contributed by atoms with Crippen LogP contribution in [0.2, 0.25) is 0 Å². The van der Waals surface area contributed by atoms with Crippen molar-refractivity contribution in [1.29, 1.82) is 0 Å². The summed E-state index contributed by atoms with van der Waals surface area (Å²) in [4.78, 5) is 25.4. The van der Waals surface area contributed by atoms with Crippen LogP contribution in [-0.2, 0) is 7.05 Å². The van der Waals surface area contributed by atoms with Crippen molar-refractivity contribution in [2.75, 3.05) is 17.4 Å². The second kappa shape index (κ2) is 9.05. The van der Waals surface area contributed by atoms with Gasteiger partial charge in [0.2, 0.25) is 0 Å². The van der Waals surface area contributed by atoms with E-state index in [-0.39, 0.29) is 5.78 Å². The van der Waals surface area contributed by atoms with E-state index < -0.39 is 0 Å². The molecule has 0 unspecified atom stereocenters.